The minimum absolute atomic E-state index is 0.106. The number of para-hydroxylation sites is 1. The third-order valence-corrected chi connectivity index (χ3v) is 4.75. The second-order valence-electron chi connectivity index (χ2n) is 5.21. The summed E-state index contributed by atoms with van der Waals surface area (Å²) in [6.45, 7) is 3.03. The number of thiophene rings is 1. The summed E-state index contributed by atoms with van der Waals surface area (Å²) < 4.78 is 10.6. The lowest BCUT2D eigenvalue weighted by atomic mass is 10.2. The molecule has 3 aromatic rings. The second kappa shape index (κ2) is 7.84. The number of nitrogens with one attached hydrogen (secondary N) is 1. The minimum Gasteiger partial charge on any atom is -0.493 e. The van der Waals surface area contributed by atoms with Crippen LogP contribution in [0, 0.1) is 0 Å². The molecule has 2 heterocycles. The summed E-state index contributed by atoms with van der Waals surface area (Å²) in [7, 11) is 0. The Morgan fingerprint density at radius 1 is 1.21 bits per heavy atom. The molecule has 124 valence electrons. The zero-order valence-electron chi connectivity index (χ0n) is 13.5. The largest absolute Gasteiger partial charge is 0.493 e. The van der Waals surface area contributed by atoms with Crippen molar-refractivity contribution >= 4 is 17.2 Å². The topological polar surface area (TPSA) is 51.5 Å². The van der Waals surface area contributed by atoms with Gasteiger partial charge in [0.05, 0.1) is 24.7 Å². The van der Waals surface area contributed by atoms with Crippen molar-refractivity contribution in [3.8, 4) is 16.2 Å². The number of hydrogen-bond acceptors (Lipinski definition) is 4. The molecule has 0 atom stereocenters. The maximum atomic E-state index is 12.3. The molecule has 0 aliphatic heterocycles. The first kappa shape index (κ1) is 16.3. The molecule has 1 aromatic carbocycles. The first-order valence-electron chi connectivity index (χ1n) is 7.89. The smallest absolute Gasteiger partial charge is 0.255 e. The standard InChI is InChI=1S/C19H19NO3S/c1-2-23-17-6-4-3-5-16(17)19(21)20-11-9-15-7-8-18(24-15)14-10-12-22-13-14/h3-8,10,12-13H,2,9,11H2,1H3,(H,20,21). The van der Waals surface area contributed by atoms with Crippen LogP contribution in [0.4, 0.5) is 0 Å². The van der Waals surface area contributed by atoms with E-state index in [1.165, 1.54) is 9.75 Å². The Morgan fingerprint density at radius 3 is 2.88 bits per heavy atom. The van der Waals surface area contributed by atoms with Crippen molar-refractivity contribution in [1.82, 2.24) is 5.32 Å². The van der Waals surface area contributed by atoms with Crippen LogP contribution in [-0.2, 0) is 6.42 Å². The number of ether oxygens (including phenoxy) is 1. The number of amides is 1. The lowest BCUT2D eigenvalue weighted by Crippen LogP contribution is -2.26. The van der Waals surface area contributed by atoms with Gasteiger partial charge in [-0.1, -0.05) is 12.1 Å². The molecular formula is C19H19NO3S. The number of carbonyl (C=O) groups is 1. The maximum absolute atomic E-state index is 12.3. The molecule has 0 bridgehead atoms. The average Bonchev–Trinajstić information content (AvgIpc) is 3.27. The number of furan rings is 1. The van der Waals surface area contributed by atoms with Gasteiger partial charge in [-0.2, -0.15) is 0 Å². The Bertz CT molecular complexity index is 793. The molecule has 0 spiro atoms. The Hall–Kier alpha value is -2.53. The van der Waals surface area contributed by atoms with E-state index in [1.807, 2.05) is 31.2 Å². The second-order valence-corrected chi connectivity index (χ2v) is 6.38. The molecule has 0 aliphatic carbocycles. The van der Waals surface area contributed by atoms with E-state index in [9.17, 15) is 4.79 Å². The third kappa shape index (κ3) is 3.86. The molecule has 24 heavy (non-hydrogen) atoms. The van der Waals surface area contributed by atoms with Crippen LogP contribution >= 0.6 is 11.3 Å². The van der Waals surface area contributed by atoms with Gasteiger partial charge in [0.1, 0.15) is 5.75 Å². The maximum Gasteiger partial charge on any atom is 0.255 e. The van der Waals surface area contributed by atoms with Crippen LogP contribution in [0.5, 0.6) is 5.75 Å². The SMILES string of the molecule is CCOc1ccccc1C(=O)NCCc1ccc(-c2ccoc2)s1. The first-order valence-corrected chi connectivity index (χ1v) is 8.71. The van der Waals surface area contributed by atoms with Gasteiger partial charge in [0.25, 0.3) is 5.91 Å². The van der Waals surface area contributed by atoms with Gasteiger partial charge in [-0.25, -0.2) is 0 Å². The molecular weight excluding hydrogens is 322 g/mol. The van der Waals surface area contributed by atoms with Crippen molar-refractivity contribution < 1.29 is 13.9 Å². The number of hydrogen-bond donors (Lipinski definition) is 1. The van der Waals surface area contributed by atoms with Crippen molar-refractivity contribution in [1.29, 1.82) is 0 Å². The van der Waals surface area contributed by atoms with Crippen LogP contribution in [0.1, 0.15) is 22.2 Å². The van der Waals surface area contributed by atoms with Gasteiger partial charge in [-0.05, 0) is 43.7 Å². The first-order chi connectivity index (χ1) is 11.8. The van der Waals surface area contributed by atoms with Crippen LogP contribution in [0.3, 0.4) is 0 Å². The Labute approximate surface area is 145 Å². The summed E-state index contributed by atoms with van der Waals surface area (Å²) in [5.41, 5.74) is 1.66. The molecule has 0 radical (unpaired) electrons. The molecule has 2 aromatic heterocycles. The van der Waals surface area contributed by atoms with Crippen LogP contribution < -0.4 is 10.1 Å². The van der Waals surface area contributed by atoms with Crippen LogP contribution in [0.15, 0.2) is 59.4 Å². The van der Waals surface area contributed by atoms with Crippen molar-refractivity contribution in [3.05, 3.63) is 65.4 Å². The van der Waals surface area contributed by atoms with E-state index in [0.29, 0.717) is 24.5 Å². The van der Waals surface area contributed by atoms with E-state index in [-0.39, 0.29) is 5.91 Å². The van der Waals surface area contributed by atoms with Gasteiger partial charge in [-0.15, -0.1) is 11.3 Å². The molecule has 0 unspecified atom stereocenters. The Morgan fingerprint density at radius 2 is 2.08 bits per heavy atom. The summed E-state index contributed by atoms with van der Waals surface area (Å²) in [5.74, 6) is 0.515. The fraction of sp³-hybridized carbons (Fsp3) is 0.211. The zero-order valence-corrected chi connectivity index (χ0v) is 14.3. The molecule has 0 fully saturated rings. The highest BCUT2D eigenvalue weighted by Crippen LogP contribution is 2.28. The Kier molecular flexibility index (Phi) is 5.33. The summed E-state index contributed by atoms with van der Waals surface area (Å²) in [6.07, 6.45) is 4.21. The molecule has 0 saturated heterocycles. The number of carbonyl (C=O) groups excluding carboxylic acids is 1. The highest BCUT2D eigenvalue weighted by molar-refractivity contribution is 7.15. The van der Waals surface area contributed by atoms with E-state index < -0.39 is 0 Å². The molecule has 1 amide bonds. The lowest BCUT2D eigenvalue weighted by Gasteiger charge is -2.10. The van der Waals surface area contributed by atoms with Crippen molar-refractivity contribution in [2.45, 2.75) is 13.3 Å². The van der Waals surface area contributed by atoms with Crippen molar-refractivity contribution in [2.75, 3.05) is 13.2 Å². The van der Waals surface area contributed by atoms with Crippen LogP contribution in [-0.4, -0.2) is 19.1 Å². The highest BCUT2D eigenvalue weighted by atomic mass is 32.1. The molecule has 3 rings (SSSR count). The Balaban J connectivity index is 1.56. The molecule has 1 N–H and O–H groups in total. The third-order valence-electron chi connectivity index (χ3n) is 3.56. The molecule has 5 heteroatoms. The molecule has 4 nitrogen and oxygen atoms in total. The minimum atomic E-state index is -0.106. The van der Waals surface area contributed by atoms with Gasteiger partial charge in [0.2, 0.25) is 0 Å². The van der Waals surface area contributed by atoms with E-state index in [2.05, 4.69) is 17.4 Å². The van der Waals surface area contributed by atoms with Gasteiger partial charge >= 0.3 is 0 Å². The molecule has 0 aliphatic rings. The quantitative estimate of drug-likeness (QED) is 0.694. The van der Waals surface area contributed by atoms with Crippen molar-refractivity contribution in [2.24, 2.45) is 0 Å². The fourth-order valence-electron chi connectivity index (χ4n) is 2.40. The number of benzene rings is 1. The van der Waals surface area contributed by atoms with E-state index in [4.69, 9.17) is 9.15 Å². The van der Waals surface area contributed by atoms with Crippen LogP contribution in [0.2, 0.25) is 0 Å². The summed E-state index contributed by atoms with van der Waals surface area (Å²) in [4.78, 5) is 14.7. The summed E-state index contributed by atoms with van der Waals surface area (Å²) >= 11 is 1.71. The van der Waals surface area contributed by atoms with Gasteiger partial charge in [0, 0.05) is 21.9 Å². The van der Waals surface area contributed by atoms with Crippen LogP contribution in [0.25, 0.3) is 10.4 Å². The predicted octanol–water partition coefficient (Wildman–Crippen LogP) is 4.38. The summed E-state index contributed by atoms with van der Waals surface area (Å²) in [6, 6.07) is 13.4. The predicted molar refractivity (Wildman–Crippen MR) is 95.7 cm³/mol. The molecule has 0 saturated carbocycles. The van der Waals surface area contributed by atoms with E-state index in [1.54, 1.807) is 29.9 Å². The number of rotatable bonds is 7. The van der Waals surface area contributed by atoms with E-state index >= 15 is 0 Å². The lowest BCUT2D eigenvalue weighted by molar-refractivity contribution is 0.0950. The average molecular weight is 341 g/mol. The zero-order chi connectivity index (χ0) is 16.8. The van der Waals surface area contributed by atoms with Gasteiger partial charge in [0.15, 0.2) is 0 Å². The van der Waals surface area contributed by atoms with Crippen molar-refractivity contribution in [3.63, 3.8) is 0 Å². The highest BCUT2D eigenvalue weighted by Gasteiger charge is 2.11. The van der Waals surface area contributed by atoms with E-state index in [0.717, 1.165) is 12.0 Å². The summed E-state index contributed by atoms with van der Waals surface area (Å²) in [5, 5.41) is 2.96. The normalized spacial score (nSPS) is 10.5. The van der Waals surface area contributed by atoms with Gasteiger partial charge in [-0.3, -0.25) is 4.79 Å². The fourth-order valence-corrected chi connectivity index (χ4v) is 3.39. The van der Waals surface area contributed by atoms with Gasteiger partial charge < -0.3 is 14.5 Å². The monoisotopic (exact) mass is 341 g/mol.